The predicted octanol–water partition coefficient (Wildman–Crippen LogP) is 2.01. The summed E-state index contributed by atoms with van der Waals surface area (Å²) in [6, 6.07) is 8.37. The molecule has 2 amide bonds. The van der Waals surface area contributed by atoms with Crippen molar-refractivity contribution in [1.29, 1.82) is 5.26 Å². The Morgan fingerprint density at radius 1 is 1.22 bits per heavy atom. The van der Waals surface area contributed by atoms with Crippen molar-refractivity contribution in [2.75, 3.05) is 11.4 Å². The van der Waals surface area contributed by atoms with Gasteiger partial charge < -0.3 is 0 Å². The molecule has 0 bridgehead atoms. The Morgan fingerprint density at radius 3 is 2.57 bits per heavy atom. The Hall–Kier alpha value is -2.99. The van der Waals surface area contributed by atoms with Gasteiger partial charge in [0.25, 0.3) is 10.0 Å². The van der Waals surface area contributed by atoms with Gasteiger partial charge in [0.1, 0.15) is 17.3 Å². The van der Waals surface area contributed by atoms with E-state index in [1.807, 2.05) is 0 Å². The Morgan fingerprint density at radius 2 is 1.91 bits per heavy atom. The molecule has 0 N–H and O–H groups in total. The summed E-state index contributed by atoms with van der Waals surface area (Å²) >= 11 is 0. The maximum absolute atomic E-state index is 13.1. The molecule has 0 unspecified atom stereocenters. The van der Waals surface area contributed by atoms with E-state index in [1.165, 1.54) is 30.5 Å². The van der Waals surface area contributed by atoms with Gasteiger partial charge in [-0.3, -0.25) is 0 Å². The second-order valence-electron chi connectivity index (χ2n) is 4.59. The van der Waals surface area contributed by atoms with Gasteiger partial charge in [-0.25, -0.2) is 31.8 Å². The van der Waals surface area contributed by atoms with E-state index >= 15 is 0 Å². The van der Waals surface area contributed by atoms with Gasteiger partial charge in [0.2, 0.25) is 0 Å². The lowest BCUT2D eigenvalue weighted by Crippen LogP contribution is -2.49. The highest BCUT2D eigenvalue weighted by atomic mass is 32.2. The number of nitriles is 1. The quantitative estimate of drug-likeness (QED) is 0.784. The number of rotatable bonds is 2. The van der Waals surface area contributed by atoms with E-state index in [0.29, 0.717) is 4.31 Å². The summed E-state index contributed by atoms with van der Waals surface area (Å²) in [5.41, 5.74) is 0.245. The Kier molecular flexibility index (Phi) is 3.46. The first-order valence-electron chi connectivity index (χ1n) is 6.41. The number of sulfonamides is 1. The molecule has 23 heavy (non-hydrogen) atoms. The molecule has 1 aromatic heterocycles. The second-order valence-corrected chi connectivity index (χ2v) is 6.42. The monoisotopic (exact) mass is 332 g/mol. The van der Waals surface area contributed by atoms with Crippen LogP contribution in [0.25, 0.3) is 0 Å². The fourth-order valence-corrected chi connectivity index (χ4v) is 3.59. The van der Waals surface area contributed by atoms with Gasteiger partial charge in [-0.05, 0) is 36.4 Å². The molecule has 0 fully saturated rings. The van der Waals surface area contributed by atoms with Gasteiger partial charge >= 0.3 is 6.03 Å². The number of hydrogen-bond acceptors (Lipinski definition) is 5. The number of carbonyl (C=O) groups excluding carboxylic acids is 1. The standard InChI is InChI=1S/C14H9FN4O3S/c15-10-3-5-11(6-4-10)19-13-12(2-1-8-17-13)23(21,22)18(9-7-16)14(19)20/h1-6,8H,9H2. The number of amides is 2. The van der Waals surface area contributed by atoms with Crippen molar-refractivity contribution in [2.24, 2.45) is 0 Å². The molecule has 1 aliphatic rings. The van der Waals surface area contributed by atoms with Gasteiger partial charge in [-0.15, -0.1) is 0 Å². The second kappa shape index (κ2) is 5.33. The van der Waals surface area contributed by atoms with Crippen LogP contribution in [0.2, 0.25) is 0 Å². The molecule has 0 saturated carbocycles. The highest BCUT2D eigenvalue weighted by Crippen LogP contribution is 2.37. The summed E-state index contributed by atoms with van der Waals surface area (Å²) < 4.78 is 38.5. The average molecular weight is 332 g/mol. The smallest absolute Gasteiger partial charge is 0.246 e. The van der Waals surface area contributed by atoms with Crippen LogP contribution in [0.5, 0.6) is 0 Å². The number of carbonyl (C=O) groups is 1. The summed E-state index contributed by atoms with van der Waals surface area (Å²) in [4.78, 5) is 17.4. The van der Waals surface area contributed by atoms with E-state index < -0.39 is 28.4 Å². The van der Waals surface area contributed by atoms with E-state index in [-0.39, 0.29) is 16.4 Å². The van der Waals surface area contributed by atoms with Crippen LogP contribution in [-0.4, -0.2) is 30.3 Å². The number of halogens is 1. The van der Waals surface area contributed by atoms with Crippen LogP contribution in [0.3, 0.4) is 0 Å². The van der Waals surface area contributed by atoms with Gasteiger partial charge in [0, 0.05) is 6.20 Å². The zero-order valence-corrected chi connectivity index (χ0v) is 12.4. The zero-order chi connectivity index (χ0) is 16.6. The molecule has 1 aliphatic heterocycles. The van der Waals surface area contributed by atoms with Crippen molar-refractivity contribution in [2.45, 2.75) is 4.90 Å². The molecular weight excluding hydrogens is 323 g/mol. The first-order chi connectivity index (χ1) is 11.0. The summed E-state index contributed by atoms with van der Waals surface area (Å²) in [7, 11) is -4.16. The van der Waals surface area contributed by atoms with Gasteiger partial charge in [0.05, 0.1) is 11.8 Å². The molecule has 3 rings (SSSR count). The number of nitrogens with zero attached hydrogens (tertiary/aromatic N) is 4. The first kappa shape index (κ1) is 14.9. The molecule has 0 aliphatic carbocycles. The van der Waals surface area contributed by atoms with Crippen molar-refractivity contribution in [1.82, 2.24) is 9.29 Å². The van der Waals surface area contributed by atoms with Crippen LogP contribution in [-0.2, 0) is 10.0 Å². The fourth-order valence-electron chi connectivity index (χ4n) is 2.21. The van der Waals surface area contributed by atoms with Crippen molar-refractivity contribution in [3.63, 3.8) is 0 Å². The minimum atomic E-state index is -4.16. The van der Waals surface area contributed by atoms with Crippen LogP contribution in [0.4, 0.5) is 20.7 Å². The molecule has 9 heteroatoms. The fraction of sp³-hybridized carbons (Fsp3) is 0.0714. The highest BCUT2D eigenvalue weighted by Gasteiger charge is 2.42. The van der Waals surface area contributed by atoms with Crippen molar-refractivity contribution in [3.05, 3.63) is 48.4 Å². The molecule has 116 valence electrons. The maximum atomic E-state index is 13.1. The lowest BCUT2D eigenvalue weighted by molar-refractivity contribution is 0.233. The molecule has 7 nitrogen and oxygen atoms in total. The van der Waals surface area contributed by atoms with Crippen LogP contribution in [0, 0.1) is 17.1 Å². The van der Waals surface area contributed by atoms with E-state index in [0.717, 1.165) is 17.0 Å². The highest BCUT2D eigenvalue weighted by molar-refractivity contribution is 7.90. The zero-order valence-electron chi connectivity index (χ0n) is 11.5. The van der Waals surface area contributed by atoms with Gasteiger partial charge in [-0.1, -0.05) is 0 Å². The largest absolute Gasteiger partial charge is 0.345 e. The Bertz CT molecular complexity index is 922. The van der Waals surface area contributed by atoms with E-state index in [1.54, 1.807) is 6.07 Å². The predicted molar refractivity (Wildman–Crippen MR) is 77.7 cm³/mol. The average Bonchev–Trinajstić information content (AvgIpc) is 2.54. The van der Waals surface area contributed by atoms with Crippen LogP contribution in [0.1, 0.15) is 0 Å². The number of urea groups is 1. The Balaban J connectivity index is 2.25. The number of pyridine rings is 1. The maximum Gasteiger partial charge on any atom is 0.345 e. The molecule has 2 aromatic rings. The van der Waals surface area contributed by atoms with E-state index in [4.69, 9.17) is 5.26 Å². The van der Waals surface area contributed by atoms with Crippen molar-refractivity contribution < 1.29 is 17.6 Å². The first-order valence-corrected chi connectivity index (χ1v) is 7.85. The summed E-state index contributed by atoms with van der Waals surface area (Å²) in [5.74, 6) is -0.584. The molecule has 0 radical (unpaired) electrons. The van der Waals surface area contributed by atoms with Crippen LogP contribution < -0.4 is 4.90 Å². The molecular formula is C14H9FN4O3S. The molecule has 0 spiro atoms. The number of aromatic nitrogens is 1. The molecule has 1 aromatic carbocycles. The van der Waals surface area contributed by atoms with E-state index in [2.05, 4.69) is 4.98 Å². The summed E-state index contributed by atoms with van der Waals surface area (Å²) in [5, 5.41) is 8.82. The number of fused-ring (bicyclic) bond motifs is 1. The minimum absolute atomic E-state index is 0.0849. The van der Waals surface area contributed by atoms with Gasteiger partial charge in [-0.2, -0.15) is 5.26 Å². The van der Waals surface area contributed by atoms with Crippen molar-refractivity contribution in [3.8, 4) is 6.07 Å². The lowest BCUT2D eigenvalue weighted by Gasteiger charge is -2.34. The third kappa shape index (κ3) is 2.29. The third-order valence-electron chi connectivity index (χ3n) is 3.23. The Labute approximate surface area is 131 Å². The van der Waals surface area contributed by atoms with Crippen LogP contribution >= 0.6 is 0 Å². The summed E-state index contributed by atoms with van der Waals surface area (Å²) in [6.07, 6.45) is 1.35. The van der Waals surface area contributed by atoms with E-state index in [9.17, 15) is 17.6 Å². The minimum Gasteiger partial charge on any atom is -0.246 e. The number of benzene rings is 1. The summed E-state index contributed by atoms with van der Waals surface area (Å²) in [6.45, 7) is -0.632. The normalized spacial score (nSPS) is 15.9. The van der Waals surface area contributed by atoms with Crippen molar-refractivity contribution >= 4 is 27.6 Å². The molecule has 2 heterocycles. The SMILES string of the molecule is N#CCN1C(=O)N(c2ccc(F)cc2)c2ncccc2S1(=O)=O. The number of hydrogen-bond donors (Lipinski definition) is 0. The van der Waals surface area contributed by atoms with Crippen LogP contribution in [0.15, 0.2) is 47.5 Å². The number of anilines is 2. The molecule has 0 saturated heterocycles. The lowest BCUT2D eigenvalue weighted by atomic mass is 10.2. The third-order valence-corrected chi connectivity index (χ3v) is 4.97. The topological polar surface area (TPSA) is 94.4 Å². The van der Waals surface area contributed by atoms with Gasteiger partial charge in [0.15, 0.2) is 5.82 Å². The molecule has 0 atom stereocenters.